The summed E-state index contributed by atoms with van der Waals surface area (Å²) in [5.74, 6) is 0.0309. The fourth-order valence-corrected chi connectivity index (χ4v) is 4.92. The normalized spacial score (nSPS) is 11.3. The van der Waals surface area contributed by atoms with Crippen LogP contribution in [0, 0.1) is 0 Å². The lowest BCUT2D eigenvalue weighted by Gasteiger charge is -2.30. The Morgan fingerprint density at radius 3 is 1.51 bits per heavy atom. The average Bonchev–Trinajstić information content (AvgIpc) is 2.86. The SMILES string of the molecule is CCCCCCCCCCCCCCCCCC[N+](C)(C)CCCNC(=O)c1ccc(N(C)C)cc1.[Cl-]. The van der Waals surface area contributed by atoms with Crippen LogP contribution in [0.25, 0.3) is 0 Å². The Morgan fingerprint density at radius 1 is 0.676 bits per heavy atom. The number of carbonyl (C=O) groups excluding carboxylic acids is 1. The van der Waals surface area contributed by atoms with Crippen LogP contribution in [-0.4, -0.2) is 58.2 Å². The zero-order chi connectivity index (χ0) is 26.5. The molecule has 0 unspecified atom stereocenters. The van der Waals surface area contributed by atoms with E-state index in [0.717, 1.165) is 35.2 Å². The number of amides is 1. The van der Waals surface area contributed by atoms with Gasteiger partial charge >= 0.3 is 0 Å². The van der Waals surface area contributed by atoms with Gasteiger partial charge in [-0.25, -0.2) is 0 Å². The number of hydrogen-bond donors (Lipinski definition) is 1. The van der Waals surface area contributed by atoms with E-state index in [1.807, 2.05) is 43.3 Å². The fraction of sp³-hybridized carbons (Fsp3) is 0.781. The summed E-state index contributed by atoms with van der Waals surface area (Å²) in [6.45, 7) is 5.38. The number of halogens is 1. The van der Waals surface area contributed by atoms with Crippen LogP contribution in [0.5, 0.6) is 0 Å². The van der Waals surface area contributed by atoms with Crippen molar-refractivity contribution in [3.05, 3.63) is 29.8 Å². The minimum Gasteiger partial charge on any atom is -1.00 e. The third-order valence-electron chi connectivity index (χ3n) is 7.49. The van der Waals surface area contributed by atoms with Crippen molar-refractivity contribution in [1.82, 2.24) is 5.32 Å². The van der Waals surface area contributed by atoms with Crippen LogP contribution in [0.1, 0.15) is 126 Å². The van der Waals surface area contributed by atoms with Crippen LogP contribution in [0.2, 0.25) is 0 Å². The highest BCUT2D eigenvalue weighted by molar-refractivity contribution is 5.94. The Hall–Kier alpha value is -1.26. The van der Waals surface area contributed by atoms with E-state index in [2.05, 4.69) is 26.3 Å². The molecule has 0 saturated heterocycles. The third-order valence-corrected chi connectivity index (χ3v) is 7.49. The van der Waals surface area contributed by atoms with Crippen molar-refractivity contribution < 1.29 is 21.7 Å². The van der Waals surface area contributed by atoms with Gasteiger partial charge in [0.1, 0.15) is 0 Å². The molecule has 1 aromatic rings. The standard InChI is InChI=1S/C32H59N3O.ClH/c1-6-7-8-9-10-11-12-13-14-15-16-17-18-19-20-21-28-35(4,5)29-22-27-33-32(36)30-23-25-31(26-24-30)34(2)3;/h23-26H,6-22,27-29H2,1-5H3;1H. The summed E-state index contributed by atoms with van der Waals surface area (Å²) >= 11 is 0. The van der Waals surface area contributed by atoms with Gasteiger partial charge in [0, 0.05) is 38.3 Å². The molecular weight excluding hydrogens is 478 g/mol. The Kier molecular flexibility index (Phi) is 21.9. The van der Waals surface area contributed by atoms with Gasteiger partial charge in [0.05, 0.1) is 27.2 Å². The second-order valence-electron chi connectivity index (χ2n) is 11.7. The molecule has 1 N–H and O–H groups in total. The number of rotatable bonds is 23. The van der Waals surface area contributed by atoms with E-state index >= 15 is 0 Å². The van der Waals surface area contributed by atoms with Crippen LogP contribution >= 0.6 is 0 Å². The average molecular weight is 538 g/mol. The van der Waals surface area contributed by atoms with E-state index in [4.69, 9.17) is 0 Å². The van der Waals surface area contributed by atoms with Gasteiger partial charge in [0.2, 0.25) is 0 Å². The molecule has 1 aromatic carbocycles. The number of carbonyl (C=O) groups is 1. The van der Waals surface area contributed by atoms with Crippen LogP contribution in [-0.2, 0) is 0 Å². The third kappa shape index (κ3) is 19.5. The Balaban J connectivity index is 0.0000130. The summed E-state index contributed by atoms with van der Waals surface area (Å²) < 4.78 is 1.05. The number of hydrogen-bond acceptors (Lipinski definition) is 2. The molecule has 37 heavy (non-hydrogen) atoms. The molecule has 4 nitrogen and oxygen atoms in total. The predicted molar refractivity (Wildman–Crippen MR) is 159 cm³/mol. The van der Waals surface area contributed by atoms with Gasteiger partial charge in [-0.3, -0.25) is 4.79 Å². The Bertz CT molecular complexity index is 661. The van der Waals surface area contributed by atoms with Crippen molar-refractivity contribution >= 4 is 11.6 Å². The van der Waals surface area contributed by atoms with Gasteiger partial charge in [-0.15, -0.1) is 0 Å². The molecule has 1 amide bonds. The van der Waals surface area contributed by atoms with Gasteiger partial charge in [-0.05, 0) is 37.1 Å². The summed E-state index contributed by atoms with van der Waals surface area (Å²) in [5, 5.41) is 3.08. The maximum atomic E-state index is 12.4. The molecule has 5 heteroatoms. The second kappa shape index (κ2) is 22.7. The molecule has 0 radical (unpaired) electrons. The number of nitrogens with zero attached hydrogens (tertiary/aromatic N) is 2. The number of nitrogens with one attached hydrogen (secondary N) is 1. The fourth-order valence-electron chi connectivity index (χ4n) is 4.92. The molecule has 0 fully saturated rings. The maximum Gasteiger partial charge on any atom is 0.251 e. The summed E-state index contributed by atoms with van der Waals surface area (Å²) in [7, 11) is 8.67. The zero-order valence-electron chi connectivity index (χ0n) is 25.1. The van der Waals surface area contributed by atoms with Crippen molar-refractivity contribution in [2.75, 3.05) is 52.7 Å². The first-order valence-electron chi connectivity index (χ1n) is 15.2. The molecule has 0 spiro atoms. The largest absolute Gasteiger partial charge is 1.00 e. The van der Waals surface area contributed by atoms with Crippen LogP contribution in [0.4, 0.5) is 5.69 Å². The van der Waals surface area contributed by atoms with E-state index in [9.17, 15) is 4.79 Å². The van der Waals surface area contributed by atoms with Crippen molar-refractivity contribution in [1.29, 1.82) is 0 Å². The van der Waals surface area contributed by atoms with Gasteiger partial charge < -0.3 is 27.1 Å². The quantitative estimate of drug-likeness (QED) is 0.153. The first-order chi connectivity index (χ1) is 17.4. The molecule has 0 saturated carbocycles. The van der Waals surface area contributed by atoms with Crippen molar-refractivity contribution in [3.8, 4) is 0 Å². The van der Waals surface area contributed by atoms with Crippen molar-refractivity contribution in [3.63, 3.8) is 0 Å². The first-order valence-corrected chi connectivity index (χ1v) is 15.2. The van der Waals surface area contributed by atoms with Crippen LogP contribution in [0.15, 0.2) is 24.3 Å². The highest BCUT2D eigenvalue weighted by Crippen LogP contribution is 2.15. The summed E-state index contributed by atoms with van der Waals surface area (Å²) in [4.78, 5) is 14.4. The lowest BCUT2D eigenvalue weighted by Crippen LogP contribution is -3.00. The highest BCUT2D eigenvalue weighted by atomic mass is 35.5. The van der Waals surface area contributed by atoms with Crippen LogP contribution in [0.3, 0.4) is 0 Å². The smallest absolute Gasteiger partial charge is 0.251 e. The lowest BCUT2D eigenvalue weighted by atomic mass is 10.0. The molecule has 0 heterocycles. The number of anilines is 1. The molecular formula is C32H60ClN3O. The molecule has 0 aliphatic heterocycles. The zero-order valence-corrected chi connectivity index (χ0v) is 25.9. The Morgan fingerprint density at radius 2 is 1.08 bits per heavy atom. The number of unbranched alkanes of at least 4 members (excludes halogenated alkanes) is 15. The Labute approximate surface area is 237 Å². The molecule has 1 rings (SSSR count). The van der Waals surface area contributed by atoms with E-state index in [1.54, 1.807) is 0 Å². The minimum absolute atomic E-state index is 0. The number of quaternary nitrogens is 1. The number of benzene rings is 1. The summed E-state index contributed by atoms with van der Waals surface area (Å²) in [5.41, 5.74) is 1.85. The molecule has 0 aromatic heterocycles. The van der Waals surface area contributed by atoms with E-state index in [0.29, 0.717) is 0 Å². The second-order valence-corrected chi connectivity index (χ2v) is 11.7. The van der Waals surface area contributed by atoms with Crippen molar-refractivity contribution in [2.24, 2.45) is 0 Å². The van der Waals surface area contributed by atoms with E-state index in [1.165, 1.54) is 109 Å². The van der Waals surface area contributed by atoms with Gasteiger partial charge in [0.15, 0.2) is 0 Å². The van der Waals surface area contributed by atoms with Gasteiger partial charge in [-0.2, -0.15) is 0 Å². The maximum absolute atomic E-state index is 12.4. The highest BCUT2D eigenvalue weighted by Gasteiger charge is 2.14. The predicted octanol–water partition coefficient (Wildman–Crippen LogP) is 5.21. The first kappa shape index (κ1) is 35.7. The van der Waals surface area contributed by atoms with E-state index in [-0.39, 0.29) is 18.3 Å². The lowest BCUT2D eigenvalue weighted by molar-refractivity contribution is -0.890. The summed E-state index contributed by atoms with van der Waals surface area (Å²) in [6.07, 6.45) is 23.7. The molecule has 0 bridgehead atoms. The monoisotopic (exact) mass is 537 g/mol. The summed E-state index contributed by atoms with van der Waals surface area (Å²) in [6, 6.07) is 7.80. The van der Waals surface area contributed by atoms with Gasteiger partial charge in [0.25, 0.3) is 5.91 Å². The minimum atomic E-state index is 0. The molecule has 0 atom stereocenters. The molecule has 0 aliphatic rings. The molecule has 216 valence electrons. The van der Waals surface area contributed by atoms with Gasteiger partial charge in [-0.1, -0.05) is 96.8 Å². The van der Waals surface area contributed by atoms with Crippen molar-refractivity contribution in [2.45, 2.75) is 116 Å². The van der Waals surface area contributed by atoms with E-state index < -0.39 is 0 Å². The topological polar surface area (TPSA) is 32.3 Å². The van der Waals surface area contributed by atoms with Crippen LogP contribution < -0.4 is 22.6 Å². The molecule has 0 aliphatic carbocycles.